The number of benzene rings is 1. The first-order valence-electron chi connectivity index (χ1n) is 4.44. The fourth-order valence-corrected chi connectivity index (χ4v) is 3.68. The predicted octanol–water partition coefficient (Wildman–Crippen LogP) is -0.0634. The molecule has 0 bridgehead atoms. The zero-order chi connectivity index (χ0) is 14.7. The van der Waals surface area contributed by atoms with Crippen molar-refractivity contribution < 1.29 is 35.6 Å². The van der Waals surface area contributed by atoms with Crippen molar-refractivity contribution >= 4 is 25.9 Å². The van der Waals surface area contributed by atoms with Crippen LogP contribution in [-0.4, -0.2) is 31.4 Å². The lowest BCUT2D eigenvalue weighted by Crippen LogP contribution is -2.24. The van der Waals surface area contributed by atoms with Crippen LogP contribution in [0.3, 0.4) is 0 Å². The molecule has 0 unspecified atom stereocenters. The zero-order valence-electron chi connectivity index (χ0n) is 9.02. The summed E-state index contributed by atoms with van der Waals surface area (Å²) < 4.78 is 57.7. The number of nitrogens with zero attached hydrogens (tertiary/aromatic N) is 1. The number of phenolic OH excluding ortho intramolecular Hbond substituents is 1. The molecule has 1 aromatic rings. The Bertz CT molecular complexity index is 821. The van der Waals surface area contributed by atoms with Crippen molar-refractivity contribution in [1.29, 1.82) is 0 Å². The van der Waals surface area contributed by atoms with E-state index >= 15 is 0 Å². The Kier molecular flexibility index (Phi) is 2.53. The highest BCUT2D eigenvalue weighted by Crippen LogP contribution is 2.53. The molecular weight excluding hydrogens is 306 g/mol. The maximum absolute atomic E-state index is 11.2. The van der Waals surface area contributed by atoms with Crippen molar-refractivity contribution in [2.75, 3.05) is 0 Å². The number of phenols is 1. The third-order valence-electron chi connectivity index (χ3n) is 2.43. The second-order valence-electron chi connectivity index (χ2n) is 3.58. The number of nitro groups is 1. The largest absolute Gasteiger partial charge is 0.506 e. The van der Waals surface area contributed by atoms with Gasteiger partial charge in [-0.15, -0.1) is 0 Å². The average Bonchev–Trinajstić information content (AvgIpc) is 2.18. The van der Waals surface area contributed by atoms with Gasteiger partial charge in [-0.25, -0.2) is 0 Å². The molecule has 0 spiro atoms. The van der Waals surface area contributed by atoms with E-state index in [9.17, 15) is 32.1 Å². The van der Waals surface area contributed by atoms with Gasteiger partial charge >= 0.3 is 25.9 Å². The van der Waals surface area contributed by atoms with E-state index in [1.165, 1.54) is 0 Å². The lowest BCUT2D eigenvalue weighted by molar-refractivity contribution is -0.389. The first kappa shape index (κ1) is 13.5. The van der Waals surface area contributed by atoms with Gasteiger partial charge in [0.25, 0.3) is 0 Å². The molecule has 0 atom stereocenters. The molecule has 0 saturated heterocycles. The summed E-state index contributed by atoms with van der Waals surface area (Å²) in [7, 11) is -9.39. The lowest BCUT2D eigenvalue weighted by Gasteiger charge is -2.22. The van der Waals surface area contributed by atoms with Crippen molar-refractivity contribution in [3.8, 4) is 11.5 Å². The molecule has 0 saturated carbocycles. The van der Waals surface area contributed by atoms with Crippen LogP contribution >= 0.6 is 0 Å². The van der Waals surface area contributed by atoms with E-state index in [1.807, 2.05) is 0 Å². The Labute approximate surface area is 106 Å². The van der Waals surface area contributed by atoms with Crippen LogP contribution in [0.15, 0.2) is 9.79 Å². The van der Waals surface area contributed by atoms with Crippen molar-refractivity contribution in [2.24, 2.45) is 0 Å². The molecule has 10 nitrogen and oxygen atoms in total. The molecule has 19 heavy (non-hydrogen) atoms. The number of nitro benzene ring substituents is 1. The molecule has 1 aliphatic heterocycles. The van der Waals surface area contributed by atoms with Gasteiger partial charge in [0.2, 0.25) is 5.75 Å². The van der Waals surface area contributed by atoms with Crippen LogP contribution in [0, 0.1) is 17.0 Å². The number of aromatic hydroxyl groups is 1. The zero-order valence-corrected chi connectivity index (χ0v) is 10.6. The van der Waals surface area contributed by atoms with E-state index in [4.69, 9.17) is 4.55 Å². The molecule has 0 aromatic heterocycles. The van der Waals surface area contributed by atoms with E-state index in [1.54, 1.807) is 0 Å². The number of hydrogen-bond acceptors (Lipinski definition) is 8. The van der Waals surface area contributed by atoms with Crippen LogP contribution in [0.25, 0.3) is 0 Å². The summed E-state index contributed by atoms with van der Waals surface area (Å²) in [6.07, 6.45) is 0. The predicted molar refractivity (Wildman–Crippen MR) is 57.1 cm³/mol. The summed E-state index contributed by atoms with van der Waals surface area (Å²) in [6.45, 7) is 0.916. The van der Waals surface area contributed by atoms with Gasteiger partial charge in [-0.05, 0) is 6.92 Å². The highest BCUT2D eigenvalue weighted by Gasteiger charge is 2.49. The van der Waals surface area contributed by atoms with E-state index in [2.05, 4.69) is 4.18 Å². The van der Waals surface area contributed by atoms with Crippen LogP contribution in [-0.2, 0) is 20.2 Å². The third-order valence-corrected chi connectivity index (χ3v) is 4.71. The van der Waals surface area contributed by atoms with Gasteiger partial charge in [0.15, 0.2) is 9.79 Å². The molecule has 1 aliphatic rings. The van der Waals surface area contributed by atoms with Crippen LogP contribution in [0.5, 0.6) is 11.5 Å². The summed E-state index contributed by atoms with van der Waals surface area (Å²) in [4.78, 5) is 7.53. The lowest BCUT2D eigenvalue weighted by atomic mass is 10.2. The monoisotopic (exact) mass is 311 g/mol. The van der Waals surface area contributed by atoms with Crippen molar-refractivity contribution in [3.63, 3.8) is 0 Å². The Morgan fingerprint density at radius 2 is 1.89 bits per heavy atom. The standard InChI is InChI=1S/C7H5NO9S2/c1-2-4(9)7-5(17-19(7,15)16)3(8(10)11)6(2)18(12,13)14/h9H,1H3,(H,12,13,14). The molecule has 0 fully saturated rings. The summed E-state index contributed by atoms with van der Waals surface area (Å²) in [6, 6.07) is 0. The molecule has 1 heterocycles. The van der Waals surface area contributed by atoms with Crippen LogP contribution in [0.4, 0.5) is 5.69 Å². The molecular formula is C7H5NO9S2. The third kappa shape index (κ3) is 1.72. The minimum Gasteiger partial charge on any atom is -0.506 e. The van der Waals surface area contributed by atoms with Crippen LogP contribution in [0.2, 0.25) is 0 Å². The van der Waals surface area contributed by atoms with E-state index < -0.39 is 57.7 Å². The minimum absolute atomic E-state index is 0.653. The van der Waals surface area contributed by atoms with Gasteiger partial charge < -0.3 is 9.29 Å². The van der Waals surface area contributed by atoms with Crippen molar-refractivity contribution in [2.45, 2.75) is 16.7 Å². The smallest absolute Gasteiger partial charge is 0.347 e. The topological polar surface area (TPSA) is 161 Å². The Hall–Kier alpha value is -1.92. The fourth-order valence-electron chi connectivity index (χ4n) is 1.68. The molecule has 1 aromatic carbocycles. The average molecular weight is 311 g/mol. The van der Waals surface area contributed by atoms with Crippen molar-refractivity contribution in [1.82, 2.24) is 0 Å². The van der Waals surface area contributed by atoms with Gasteiger partial charge in [-0.1, -0.05) is 0 Å². The molecule has 2 N–H and O–H groups in total. The molecule has 12 heteroatoms. The Balaban J connectivity index is 3.06. The van der Waals surface area contributed by atoms with E-state index in [0.29, 0.717) is 0 Å². The summed E-state index contributed by atoms with van der Waals surface area (Å²) in [5.74, 6) is -1.93. The quantitative estimate of drug-likeness (QED) is 0.329. The normalized spacial score (nSPS) is 16.1. The maximum atomic E-state index is 11.2. The van der Waals surface area contributed by atoms with Gasteiger partial charge in [-0.2, -0.15) is 16.8 Å². The second kappa shape index (κ2) is 3.55. The van der Waals surface area contributed by atoms with E-state index in [-0.39, 0.29) is 0 Å². The van der Waals surface area contributed by atoms with Gasteiger partial charge in [0.1, 0.15) is 5.75 Å². The summed E-state index contributed by atoms with van der Waals surface area (Å²) in [5, 5.41) is 20.4. The van der Waals surface area contributed by atoms with Crippen LogP contribution in [0.1, 0.15) is 5.56 Å². The molecule has 2 rings (SSSR count). The van der Waals surface area contributed by atoms with Gasteiger partial charge in [0.05, 0.1) is 4.92 Å². The molecule has 0 aliphatic carbocycles. The highest BCUT2D eigenvalue weighted by atomic mass is 32.2. The van der Waals surface area contributed by atoms with Crippen molar-refractivity contribution in [3.05, 3.63) is 15.7 Å². The van der Waals surface area contributed by atoms with Gasteiger partial charge in [-0.3, -0.25) is 14.7 Å². The molecule has 0 radical (unpaired) electrons. The number of hydrogen-bond donors (Lipinski definition) is 2. The number of rotatable bonds is 2. The summed E-state index contributed by atoms with van der Waals surface area (Å²) >= 11 is 0. The first-order valence-corrected chi connectivity index (χ1v) is 7.29. The fraction of sp³-hybridized carbons (Fsp3) is 0.143. The second-order valence-corrected chi connectivity index (χ2v) is 6.42. The number of fused-ring (bicyclic) bond motifs is 1. The summed E-state index contributed by atoms with van der Waals surface area (Å²) in [5.41, 5.74) is -1.89. The highest BCUT2D eigenvalue weighted by molar-refractivity contribution is 7.88. The Morgan fingerprint density at radius 1 is 1.37 bits per heavy atom. The first-order chi connectivity index (χ1) is 8.48. The molecule has 104 valence electrons. The SMILES string of the molecule is Cc1c(O)c2c(c([N+](=O)[O-])c1S(=O)(=O)O)OS2(=O)=O. The molecule has 0 amide bonds. The maximum Gasteiger partial charge on any atom is 0.347 e. The minimum atomic E-state index is -5.05. The Morgan fingerprint density at radius 3 is 2.26 bits per heavy atom. The van der Waals surface area contributed by atoms with Crippen LogP contribution < -0.4 is 4.18 Å². The van der Waals surface area contributed by atoms with E-state index in [0.717, 1.165) is 6.92 Å². The van der Waals surface area contributed by atoms with Gasteiger partial charge in [0, 0.05) is 5.56 Å².